The van der Waals surface area contributed by atoms with Gasteiger partial charge in [-0.15, -0.1) is 0 Å². The normalized spacial score (nSPS) is 21.6. The lowest BCUT2D eigenvalue weighted by Gasteiger charge is -2.21. The molecule has 0 aromatic rings. The van der Waals surface area contributed by atoms with E-state index in [1.807, 2.05) is 0 Å². The Morgan fingerprint density at radius 3 is 2.46 bits per heavy atom. The second-order valence-corrected chi connectivity index (χ2v) is 4.95. The molecule has 3 heteroatoms. The van der Waals surface area contributed by atoms with Crippen molar-refractivity contribution in [3.05, 3.63) is 0 Å². The predicted molar refractivity (Wildman–Crippen MR) is 55.9 cm³/mol. The quantitative estimate of drug-likeness (QED) is 0.681. The first-order valence-electron chi connectivity index (χ1n) is 5.16. The molecular formula is C10H16BrNO. The zero-order valence-corrected chi connectivity index (χ0v) is 9.42. The molecular weight excluding hydrogens is 230 g/mol. The number of hydrogen-bond acceptors (Lipinski definition) is 1. The molecule has 0 aromatic heterocycles. The van der Waals surface area contributed by atoms with Crippen LogP contribution >= 0.6 is 15.9 Å². The Bertz CT molecular complexity index is 199. The molecule has 0 unspecified atom stereocenters. The average Bonchev–Trinajstić information content (AvgIpc) is 2.92. The molecule has 0 saturated heterocycles. The van der Waals surface area contributed by atoms with Crippen LogP contribution in [0.25, 0.3) is 0 Å². The van der Waals surface area contributed by atoms with E-state index in [1.165, 1.54) is 25.7 Å². The van der Waals surface area contributed by atoms with Crippen LogP contribution in [0.4, 0.5) is 0 Å². The van der Waals surface area contributed by atoms with Gasteiger partial charge < -0.3 is 4.90 Å². The van der Waals surface area contributed by atoms with E-state index in [0.29, 0.717) is 11.9 Å². The maximum absolute atomic E-state index is 11.8. The fourth-order valence-corrected chi connectivity index (χ4v) is 2.06. The summed E-state index contributed by atoms with van der Waals surface area (Å²) in [7, 11) is 0. The first-order valence-corrected chi connectivity index (χ1v) is 6.29. The summed E-state index contributed by atoms with van der Waals surface area (Å²) in [5.74, 6) is 1.12. The molecule has 74 valence electrons. The lowest BCUT2D eigenvalue weighted by atomic mass is 10.2. The van der Waals surface area contributed by atoms with Crippen LogP contribution in [0, 0.1) is 5.92 Å². The van der Waals surface area contributed by atoms with Crippen LogP contribution in [0.1, 0.15) is 32.1 Å². The Morgan fingerprint density at radius 2 is 2.00 bits per heavy atom. The Kier molecular flexibility index (Phi) is 2.92. The third-order valence-corrected chi connectivity index (χ3v) is 3.15. The molecule has 13 heavy (non-hydrogen) atoms. The van der Waals surface area contributed by atoms with E-state index in [1.54, 1.807) is 0 Å². The lowest BCUT2D eigenvalue weighted by Crippen LogP contribution is -2.34. The molecule has 2 nitrogen and oxygen atoms in total. The van der Waals surface area contributed by atoms with E-state index < -0.39 is 0 Å². The number of amides is 1. The van der Waals surface area contributed by atoms with Crippen molar-refractivity contribution >= 4 is 21.8 Å². The molecule has 0 atom stereocenters. The third-order valence-electron chi connectivity index (χ3n) is 2.79. The number of carbonyl (C=O) groups is 1. The molecule has 2 aliphatic carbocycles. The third kappa shape index (κ3) is 2.70. The number of halogens is 1. The summed E-state index contributed by atoms with van der Waals surface area (Å²) in [6.07, 6.45) is 5.81. The Morgan fingerprint density at radius 1 is 1.31 bits per heavy atom. The Hall–Kier alpha value is -0.0500. The summed E-state index contributed by atoms with van der Waals surface area (Å²) in [6.45, 7) is 0.899. The average molecular weight is 246 g/mol. The van der Waals surface area contributed by atoms with Gasteiger partial charge in [0.15, 0.2) is 0 Å². The minimum absolute atomic E-state index is 0.393. The van der Waals surface area contributed by atoms with E-state index >= 15 is 0 Å². The number of hydrogen-bond donors (Lipinski definition) is 0. The molecule has 0 aliphatic heterocycles. The van der Waals surface area contributed by atoms with Gasteiger partial charge >= 0.3 is 0 Å². The number of alkyl halides is 1. The highest BCUT2D eigenvalue weighted by atomic mass is 79.9. The SMILES string of the molecule is O=C(CC1CC1)N(CCBr)C1CC1. The van der Waals surface area contributed by atoms with Gasteiger partial charge in [-0.2, -0.15) is 0 Å². The van der Waals surface area contributed by atoms with E-state index in [0.717, 1.165) is 24.2 Å². The molecule has 0 spiro atoms. The summed E-state index contributed by atoms with van der Waals surface area (Å²) in [5.41, 5.74) is 0. The maximum Gasteiger partial charge on any atom is 0.223 e. The summed E-state index contributed by atoms with van der Waals surface area (Å²) in [6, 6.07) is 0.587. The van der Waals surface area contributed by atoms with Crippen molar-refractivity contribution in [3.63, 3.8) is 0 Å². The van der Waals surface area contributed by atoms with Crippen LogP contribution in [0.2, 0.25) is 0 Å². The van der Waals surface area contributed by atoms with Gasteiger partial charge in [-0.1, -0.05) is 15.9 Å². The van der Waals surface area contributed by atoms with Crippen LogP contribution in [-0.4, -0.2) is 28.7 Å². The summed E-state index contributed by atoms with van der Waals surface area (Å²) in [5, 5.41) is 0.917. The summed E-state index contributed by atoms with van der Waals surface area (Å²) in [4.78, 5) is 13.8. The van der Waals surface area contributed by atoms with Crippen molar-refractivity contribution in [2.45, 2.75) is 38.1 Å². The topological polar surface area (TPSA) is 20.3 Å². The molecule has 1 amide bonds. The Balaban J connectivity index is 1.81. The van der Waals surface area contributed by atoms with Gasteiger partial charge in [-0.05, 0) is 31.6 Å². The van der Waals surface area contributed by atoms with Crippen molar-refractivity contribution in [3.8, 4) is 0 Å². The van der Waals surface area contributed by atoms with Crippen molar-refractivity contribution in [1.82, 2.24) is 4.90 Å². The van der Waals surface area contributed by atoms with E-state index in [4.69, 9.17) is 0 Å². The summed E-state index contributed by atoms with van der Waals surface area (Å²) >= 11 is 3.40. The highest BCUT2D eigenvalue weighted by molar-refractivity contribution is 9.09. The maximum atomic E-state index is 11.8. The molecule has 2 saturated carbocycles. The van der Waals surface area contributed by atoms with Crippen LogP contribution in [-0.2, 0) is 4.79 Å². The molecule has 2 fully saturated rings. The number of carbonyl (C=O) groups excluding carboxylic acids is 1. The highest BCUT2D eigenvalue weighted by Gasteiger charge is 2.34. The highest BCUT2D eigenvalue weighted by Crippen LogP contribution is 2.35. The standard InChI is InChI=1S/C10H16BrNO/c11-5-6-12(9-3-4-9)10(13)7-8-1-2-8/h8-9H,1-7H2. The molecule has 0 radical (unpaired) electrons. The van der Waals surface area contributed by atoms with Crippen molar-refractivity contribution < 1.29 is 4.79 Å². The molecule has 0 bridgehead atoms. The van der Waals surface area contributed by atoms with E-state index in [2.05, 4.69) is 20.8 Å². The van der Waals surface area contributed by atoms with Gasteiger partial charge in [-0.3, -0.25) is 4.79 Å². The van der Waals surface area contributed by atoms with Crippen LogP contribution in [0.15, 0.2) is 0 Å². The van der Waals surface area contributed by atoms with Crippen molar-refractivity contribution in [2.24, 2.45) is 5.92 Å². The molecule has 0 N–H and O–H groups in total. The monoisotopic (exact) mass is 245 g/mol. The fraction of sp³-hybridized carbons (Fsp3) is 0.900. The van der Waals surface area contributed by atoms with Crippen LogP contribution in [0.3, 0.4) is 0 Å². The smallest absolute Gasteiger partial charge is 0.223 e. The minimum atomic E-state index is 0.393. The van der Waals surface area contributed by atoms with Gasteiger partial charge in [0.05, 0.1) is 0 Å². The zero-order chi connectivity index (χ0) is 9.26. The molecule has 2 aliphatic rings. The molecule has 0 aromatic carbocycles. The van der Waals surface area contributed by atoms with Gasteiger partial charge in [0, 0.05) is 24.3 Å². The second kappa shape index (κ2) is 3.99. The minimum Gasteiger partial charge on any atom is -0.339 e. The van der Waals surface area contributed by atoms with Crippen molar-refractivity contribution in [2.75, 3.05) is 11.9 Å². The lowest BCUT2D eigenvalue weighted by molar-refractivity contribution is -0.131. The van der Waals surface area contributed by atoms with Gasteiger partial charge in [0.2, 0.25) is 5.91 Å². The van der Waals surface area contributed by atoms with Gasteiger partial charge in [-0.25, -0.2) is 0 Å². The Labute approximate surface area is 87.8 Å². The molecule has 0 heterocycles. The fourth-order valence-electron chi connectivity index (χ4n) is 1.67. The van der Waals surface area contributed by atoms with Gasteiger partial charge in [0.25, 0.3) is 0 Å². The summed E-state index contributed by atoms with van der Waals surface area (Å²) < 4.78 is 0. The number of nitrogens with zero attached hydrogens (tertiary/aromatic N) is 1. The molecule has 2 rings (SSSR count). The largest absolute Gasteiger partial charge is 0.339 e. The first-order chi connectivity index (χ1) is 6.31. The van der Waals surface area contributed by atoms with Crippen LogP contribution < -0.4 is 0 Å². The number of rotatable bonds is 5. The predicted octanol–water partition coefficient (Wildman–Crippen LogP) is 2.17. The van der Waals surface area contributed by atoms with E-state index in [-0.39, 0.29) is 0 Å². The van der Waals surface area contributed by atoms with Crippen molar-refractivity contribution in [1.29, 1.82) is 0 Å². The second-order valence-electron chi connectivity index (χ2n) is 4.15. The van der Waals surface area contributed by atoms with Crippen LogP contribution in [0.5, 0.6) is 0 Å². The van der Waals surface area contributed by atoms with E-state index in [9.17, 15) is 4.79 Å². The first kappa shape index (κ1) is 9.50. The van der Waals surface area contributed by atoms with Gasteiger partial charge in [0.1, 0.15) is 0 Å². The zero-order valence-electron chi connectivity index (χ0n) is 7.84.